The number of benzene rings is 2. The van der Waals surface area contributed by atoms with Crippen molar-refractivity contribution >= 4 is 22.6 Å². The van der Waals surface area contributed by atoms with Crippen molar-refractivity contribution < 1.29 is 4.79 Å². The van der Waals surface area contributed by atoms with Crippen LogP contribution in [0.3, 0.4) is 0 Å². The molecule has 2 aromatic rings. The summed E-state index contributed by atoms with van der Waals surface area (Å²) in [5.74, 6) is 0.574. The second-order valence-corrected chi connectivity index (χ2v) is 5.29. The molecule has 1 heteroatoms. The van der Waals surface area contributed by atoms with Gasteiger partial charge in [0.15, 0.2) is 5.78 Å². The minimum atomic E-state index is 0.00889. The number of rotatable bonds is 1. The highest BCUT2D eigenvalue weighted by molar-refractivity contribution is 6.03. The first-order valence-corrected chi connectivity index (χ1v) is 6.41. The van der Waals surface area contributed by atoms with Crippen molar-refractivity contribution in [3.63, 3.8) is 0 Å². The van der Waals surface area contributed by atoms with Gasteiger partial charge in [-0.15, -0.1) is 0 Å². The second kappa shape index (κ2) is 4.09. The third kappa shape index (κ3) is 1.67. The van der Waals surface area contributed by atoms with Crippen molar-refractivity contribution in [1.82, 2.24) is 0 Å². The summed E-state index contributed by atoms with van der Waals surface area (Å²) in [5, 5.41) is 2.45. The van der Waals surface area contributed by atoms with Gasteiger partial charge in [-0.3, -0.25) is 4.79 Å². The third-order valence-electron chi connectivity index (χ3n) is 3.69. The number of allylic oxidation sites excluding steroid dienone is 1. The minimum absolute atomic E-state index is 0.00889. The number of ketones is 1. The van der Waals surface area contributed by atoms with E-state index in [0.717, 1.165) is 0 Å². The van der Waals surface area contributed by atoms with E-state index in [1.54, 1.807) is 6.08 Å². The standard InChI is InChI=1S/C17H16O/c1-11(2)17-15-10-13-6-4-3-5-12(13)9-14(15)7-8-16(17)18/h3-11,17H,1-2H3. The summed E-state index contributed by atoms with van der Waals surface area (Å²) >= 11 is 0. The fourth-order valence-electron chi connectivity index (χ4n) is 2.81. The first-order chi connectivity index (χ1) is 8.66. The van der Waals surface area contributed by atoms with Crippen LogP contribution < -0.4 is 0 Å². The van der Waals surface area contributed by atoms with Gasteiger partial charge in [-0.1, -0.05) is 44.2 Å². The zero-order valence-electron chi connectivity index (χ0n) is 10.7. The lowest BCUT2D eigenvalue weighted by Crippen LogP contribution is -2.19. The predicted molar refractivity (Wildman–Crippen MR) is 75.6 cm³/mol. The Bertz CT molecular complexity index is 650. The Kier molecular flexibility index (Phi) is 2.55. The third-order valence-corrected chi connectivity index (χ3v) is 3.69. The molecule has 1 aliphatic rings. The van der Waals surface area contributed by atoms with Crippen molar-refractivity contribution in [1.29, 1.82) is 0 Å². The maximum absolute atomic E-state index is 12.0. The molecule has 1 aliphatic carbocycles. The van der Waals surface area contributed by atoms with Gasteiger partial charge in [0.2, 0.25) is 0 Å². The molecule has 1 nitrogen and oxygen atoms in total. The van der Waals surface area contributed by atoms with E-state index in [1.807, 2.05) is 18.2 Å². The molecule has 90 valence electrons. The summed E-state index contributed by atoms with van der Waals surface area (Å²) < 4.78 is 0. The molecule has 0 amide bonds. The highest BCUT2D eigenvalue weighted by atomic mass is 16.1. The topological polar surface area (TPSA) is 17.1 Å². The molecular formula is C17H16O. The van der Waals surface area contributed by atoms with E-state index in [2.05, 4.69) is 38.1 Å². The molecular weight excluding hydrogens is 220 g/mol. The van der Waals surface area contributed by atoms with Crippen LogP contribution in [0.25, 0.3) is 16.8 Å². The van der Waals surface area contributed by atoms with Gasteiger partial charge >= 0.3 is 0 Å². The van der Waals surface area contributed by atoms with Crippen molar-refractivity contribution in [3.8, 4) is 0 Å². The Hall–Kier alpha value is -1.89. The normalized spacial score (nSPS) is 18.4. The van der Waals surface area contributed by atoms with Gasteiger partial charge in [0.1, 0.15) is 0 Å². The van der Waals surface area contributed by atoms with E-state index in [1.165, 1.54) is 21.9 Å². The molecule has 3 rings (SSSR count). The first-order valence-electron chi connectivity index (χ1n) is 6.41. The van der Waals surface area contributed by atoms with E-state index in [9.17, 15) is 4.79 Å². The van der Waals surface area contributed by atoms with Crippen LogP contribution in [0, 0.1) is 5.92 Å². The molecule has 2 aromatic carbocycles. The van der Waals surface area contributed by atoms with Gasteiger partial charge in [0.05, 0.1) is 0 Å². The van der Waals surface area contributed by atoms with Crippen LogP contribution in [0.5, 0.6) is 0 Å². The Morgan fingerprint density at radius 3 is 2.33 bits per heavy atom. The highest BCUT2D eigenvalue weighted by Gasteiger charge is 2.27. The summed E-state index contributed by atoms with van der Waals surface area (Å²) in [4.78, 5) is 12.0. The Morgan fingerprint density at radius 1 is 1.00 bits per heavy atom. The summed E-state index contributed by atoms with van der Waals surface area (Å²) in [7, 11) is 0. The van der Waals surface area contributed by atoms with Gasteiger partial charge in [0, 0.05) is 5.92 Å². The average molecular weight is 236 g/mol. The fourth-order valence-corrected chi connectivity index (χ4v) is 2.81. The zero-order valence-corrected chi connectivity index (χ0v) is 10.7. The predicted octanol–water partition coefficient (Wildman–Crippen LogP) is 4.18. The fraction of sp³-hybridized carbons (Fsp3) is 0.235. The summed E-state index contributed by atoms with van der Waals surface area (Å²) in [6, 6.07) is 12.7. The smallest absolute Gasteiger partial charge is 0.163 e. The van der Waals surface area contributed by atoms with E-state index in [4.69, 9.17) is 0 Å². The van der Waals surface area contributed by atoms with E-state index >= 15 is 0 Å². The SMILES string of the molecule is CC(C)C1C(=O)C=Cc2cc3ccccc3cc21. The summed E-state index contributed by atoms with van der Waals surface area (Å²) in [6.45, 7) is 4.22. The Morgan fingerprint density at radius 2 is 1.67 bits per heavy atom. The largest absolute Gasteiger partial charge is 0.294 e. The van der Waals surface area contributed by atoms with Gasteiger partial charge in [-0.05, 0) is 46.0 Å². The number of hydrogen-bond donors (Lipinski definition) is 0. The molecule has 18 heavy (non-hydrogen) atoms. The molecule has 0 bridgehead atoms. The maximum Gasteiger partial charge on any atom is 0.163 e. The van der Waals surface area contributed by atoms with Gasteiger partial charge in [0.25, 0.3) is 0 Å². The van der Waals surface area contributed by atoms with Crippen LogP contribution in [-0.4, -0.2) is 5.78 Å². The van der Waals surface area contributed by atoms with Gasteiger partial charge in [-0.25, -0.2) is 0 Å². The van der Waals surface area contributed by atoms with Crippen molar-refractivity contribution in [2.75, 3.05) is 0 Å². The number of fused-ring (bicyclic) bond motifs is 2. The first kappa shape index (κ1) is 11.2. The Labute approximate surface area is 107 Å². The van der Waals surface area contributed by atoms with Crippen LogP contribution in [0.1, 0.15) is 30.9 Å². The molecule has 0 aliphatic heterocycles. The highest BCUT2D eigenvalue weighted by Crippen LogP contribution is 2.35. The van der Waals surface area contributed by atoms with Crippen LogP contribution in [0.2, 0.25) is 0 Å². The van der Waals surface area contributed by atoms with Gasteiger partial charge in [-0.2, -0.15) is 0 Å². The molecule has 1 unspecified atom stereocenters. The molecule has 0 radical (unpaired) electrons. The molecule has 0 fully saturated rings. The van der Waals surface area contributed by atoms with Crippen LogP contribution in [0.4, 0.5) is 0 Å². The van der Waals surface area contributed by atoms with Crippen LogP contribution in [-0.2, 0) is 4.79 Å². The monoisotopic (exact) mass is 236 g/mol. The number of hydrogen-bond acceptors (Lipinski definition) is 1. The lowest BCUT2D eigenvalue weighted by Gasteiger charge is -2.24. The molecule has 0 N–H and O–H groups in total. The molecule has 0 saturated heterocycles. The summed E-state index contributed by atoms with van der Waals surface area (Å²) in [6.07, 6.45) is 3.67. The van der Waals surface area contributed by atoms with Gasteiger partial charge < -0.3 is 0 Å². The van der Waals surface area contributed by atoms with E-state index in [-0.39, 0.29) is 11.7 Å². The Balaban J connectivity index is 2.27. The number of carbonyl (C=O) groups is 1. The molecule has 0 spiro atoms. The quantitative estimate of drug-likeness (QED) is 0.726. The van der Waals surface area contributed by atoms with Crippen LogP contribution >= 0.6 is 0 Å². The lowest BCUT2D eigenvalue weighted by atomic mass is 9.78. The van der Waals surface area contributed by atoms with Crippen molar-refractivity contribution in [3.05, 3.63) is 53.6 Å². The van der Waals surface area contributed by atoms with Crippen molar-refractivity contribution in [2.24, 2.45) is 5.92 Å². The molecule has 0 aromatic heterocycles. The maximum atomic E-state index is 12.0. The molecule has 1 atom stereocenters. The summed E-state index contributed by atoms with van der Waals surface area (Å²) in [5.41, 5.74) is 2.36. The average Bonchev–Trinajstić information content (AvgIpc) is 2.36. The van der Waals surface area contributed by atoms with Crippen molar-refractivity contribution in [2.45, 2.75) is 19.8 Å². The minimum Gasteiger partial charge on any atom is -0.294 e. The molecule has 0 saturated carbocycles. The zero-order chi connectivity index (χ0) is 12.7. The van der Waals surface area contributed by atoms with Crippen LogP contribution in [0.15, 0.2) is 42.5 Å². The number of carbonyl (C=O) groups excluding carboxylic acids is 1. The lowest BCUT2D eigenvalue weighted by molar-refractivity contribution is -0.116. The second-order valence-electron chi connectivity index (χ2n) is 5.29. The van der Waals surface area contributed by atoms with E-state index < -0.39 is 0 Å². The van der Waals surface area contributed by atoms with E-state index in [0.29, 0.717) is 5.92 Å². The molecule has 0 heterocycles.